The highest BCUT2D eigenvalue weighted by Crippen LogP contribution is 2.30. The number of para-hydroxylation sites is 1. The fraction of sp³-hybridized carbons (Fsp3) is 0.538. The van der Waals surface area contributed by atoms with Gasteiger partial charge in [-0.05, 0) is 32.4 Å². The van der Waals surface area contributed by atoms with Gasteiger partial charge in [-0.3, -0.25) is 10.1 Å². The molecule has 0 radical (unpaired) electrons. The molecule has 1 saturated heterocycles. The van der Waals surface area contributed by atoms with Crippen LogP contribution in [-0.4, -0.2) is 24.6 Å². The predicted octanol–water partition coefficient (Wildman–Crippen LogP) is 2.28. The van der Waals surface area contributed by atoms with E-state index in [-0.39, 0.29) is 10.6 Å². The van der Waals surface area contributed by atoms with E-state index in [1.165, 1.54) is 0 Å². The summed E-state index contributed by atoms with van der Waals surface area (Å²) in [4.78, 5) is 10.6. The molecule has 0 aliphatic carbocycles. The maximum Gasteiger partial charge on any atom is 0.313 e. The van der Waals surface area contributed by atoms with Crippen LogP contribution in [-0.2, 0) is 0 Å². The molecule has 0 bridgehead atoms. The minimum absolute atomic E-state index is 0.0845. The van der Waals surface area contributed by atoms with Gasteiger partial charge in [-0.1, -0.05) is 12.1 Å². The summed E-state index contributed by atoms with van der Waals surface area (Å²) in [5.74, 6) is 0.824. The summed E-state index contributed by atoms with van der Waals surface area (Å²) in [5, 5.41) is 14.3. The number of hydrogen-bond donors (Lipinski definition) is 1. The van der Waals surface area contributed by atoms with E-state index in [4.69, 9.17) is 4.74 Å². The van der Waals surface area contributed by atoms with Crippen LogP contribution in [0.5, 0.6) is 5.75 Å². The number of benzene rings is 1. The van der Waals surface area contributed by atoms with Crippen molar-refractivity contribution >= 4 is 5.69 Å². The molecule has 0 amide bonds. The highest BCUT2D eigenvalue weighted by molar-refractivity contribution is 5.52. The molecule has 5 heteroatoms. The van der Waals surface area contributed by atoms with Crippen molar-refractivity contribution in [2.75, 3.05) is 19.7 Å². The van der Waals surface area contributed by atoms with E-state index in [1.807, 2.05) is 0 Å². The predicted molar refractivity (Wildman–Crippen MR) is 68.9 cm³/mol. The lowest BCUT2D eigenvalue weighted by molar-refractivity contribution is -0.386. The number of rotatable bonds is 4. The molecule has 1 N–H and O–H groups in total. The van der Waals surface area contributed by atoms with Crippen LogP contribution in [0.4, 0.5) is 5.69 Å². The van der Waals surface area contributed by atoms with Gasteiger partial charge in [0.05, 0.1) is 11.5 Å². The fourth-order valence-electron chi connectivity index (χ4n) is 2.26. The van der Waals surface area contributed by atoms with Gasteiger partial charge < -0.3 is 10.1 Å². The standard InChI is InChI=1S/C13H18N2O3/c1-10-4-2-6-12(13(10)15(16)17)18-9-11-5-3-7-14-8-11/h2,4,6,11,14H,3,5,7-9H2,1H3. The van der Waals surface area contributed by atoms with E-state index in [0.29, 0.717) is 23.8 Å². The van der Waals surface area contributed by atoms with Crippen molar-refractivity contribution in [3.05, 3.63) is 33.9 Å². The Bertz CT molecular complexity index is 428. The molecule has 1 fully saturated rings. The van der Waals surface area contributed by atoms with Crippen molar-refractivity contribution in [2.24, 2.45) is 5.92 Å². The first-order chi connectivity index (χ1) is 8.68. The lowest BCUT2D eigenvalue weighted by Gasteiger charge is -2.22. The molecule has 1 aromatic carbocycles. The number of aryl methyl sites for hydroxylation is 1. The summed E-state index contributed by atoms with van der Waals surface area (Å²) in [6, 6.07) is 5.19. The molecule has 1 atom stereocenters. The van der Waals surface area contributed by atoms with Crippen molar-refractivity contribution in [1.29, 1.82) is 0 Å². The van der Waals surface area contributed by atoms with Crippen molar-refractivity contribution < 1.29 is 9.66 Å². The largest absolute Gasteiger partial charge is 0.486 e. The molecule has 0 spiro atoms. The first kappa shape index (κ1) is 12.8. The summed E-state index contributed by atoms with van der Waals surface area (Å²) in [7, 11) is 0. The lowest BCUT2D eigenvalue weighted by atomic mass is 10.0. The number of ether oxygens (including phenoxy) is 1. The zero-order valence-corrected chi connectivity index (χ0v) is 10.5. The van der Waals surface area contributed by atoms with E-state index in [9.17, 15) is 10.1 Å². The Hall–Kier alpha value is -1.62. The Morgan fingerprint density at radius 3 is 3.06 bits per heavy atom. The molecule has 18 heavy (non-hydrogen) atoms. The van der Waals surface area contributed by atoms with E-state index in [2.05, 4.69) is 5.32 Å². The maximum absolute atomic E-state index is 11.0. The molecule has 1 unspecified atom stereocenters. The number of nitrogens with one attached hydrogen (secondary N) is 1. The van der Waals surface area contributed by atoms with Crippen LogP contribution in [0.3, 0.4) is 0 Å². The molecule has 0 aromatic heterocycles. The molecule has 1 heterocycles. The average molecular weight is 250 g/mol. The van der Waals surface area contributed by atoms with Gasteiger partial charge in [0.25, 0.3) is 0 Å². The third-order valence-corrected chi connectivity index (χ3v) is 3.26. The van der Waals surface area contributed by atoms with Gasteiger partial charge in [0.1, 0.15) is 0 Å². The Kier molecular flexibility index (Phi) is 4.15. The Balaban J connectivity index is 2.04. The summed E-state index contributed by atoms with van der Waals surface area (Å²) in [5.41, 5.74) is 0.723. The van der Waals surface area contributed by atoms with Crippen LogP contribution in [0.25, 0.3) is 0 Å². The summed E-state index contributed by atoms with van der Waals surface area (Å²) in [6.45, 7) is 4.26. The van der Waals surface area contributed by atoms with Gasteiger partial charge in [-0.15, -0.1) is 0 Å². The van der Waals surface area contributed by atoms with Crippen LogP contribution in [0, 0.1) is 23.0 Å². The molecular formula is C13H18N2O3. The third-order valence-electron chi connectivity index (χ3n) is 3.26. The first-order valence-electron chi connectivity index (χ1n) is 6.26. The maximum atomic E-state index is 11.0. The lowest BCUT2D eigenvalue weighted by Crippen LogP contribution is -2.33. The highest BCUT2D eigenvalue weighted by Gasteiger charge is 2.20. The Morgan fingerprint density at radius 1 is 1.56 bits per heavy atom. The van der Waals surface area contributed by atoms with Crippen LogP contribution in [0.2, 0.25) is 0 Å². The molecular weight excluding hydrogens is 232 g/mol. The van der Waals surface area contributed by atoms with Crippen molar-refractivity contribution in [3.8, 4) is 5.75 Å². The van der Waals surface area contributed by atoms with Crippen LogP contribution in [0.1, 0.15) is 18.4 Å². The SMILES string of the molecule is Cc1cccc(OCC2CCCNC2)c1[N+](=O)[O-]. The second-order valence-corrected chi connectivity index (χ2v) is 4.70. The van der Waals surface area contributed by atoms with Gasteiger partial charge in [-0.2, -0.15) is 0 Å². The zero-order valence-electron chi connectivity index (χ0n) is 10.5. The Labute approximate surface area is 106 Å². The molecule has 98 valence electrons. The topological polar surface area (TPSA) is 64.4 Å². The van der Waals surface area contributed by atoms with Gasteiger partial charge in [-0.25, -0.2) is 0 Å². The molecule has 2 rings (SSSR count). The number of nitro benzene ring substituents is 1. The molecule has 5 nitrogen and oxygen atoms in total. The summed E-state index contributed by atoms with van der Waals surface area (Å²) >= 11 is 0. The van der Waals surface area contributed by atoms with Crippen molar-refractivity contribution in [3.63, 3.8) is 0 Å². The number of hydrogen-bond acceptors (Lipinski definition) is 4. The van der Waals surface area contributed by atoms with Gasteiger partial charge in [0.15, 0.2) is 5.75 Å². The second kappa shape index (κ2) is 5.82. The van der Waals surface area contributed by atoms with Gasteiger partial charge >= 0.3 is 5.69 Å². The number of nitrogens with zero attached hydrogens (tertiary/aromatic N) is 1. The first-order valence-corrected chi connectivity index (χ1v) is 6.26. The molecule has 0 saturated carbocycles. The second-order valence-electron chi connectivity index (χ2n) is 4.70. The molecule has 1 aliphatic heterocycles. The minimum Gasteiger partial charge on any atom is -0.486 e. The third kappa shape index (κ3) is 2.98. The monoisotopic (exact) mass is 250 g/mol. The quantitative estimate of drug-likeness (QED) is 0.657. The summed E-state index contributed by atoms with van der Waals surface area (Å²) < 4.78 is 5.64. The van der Waals surface area contributed by atoms with Crippen molar-refractivity contribution in [2.45, 2.75) is 19.8 Å². The van der Waals surface area contributed by atoms with Gasteiger partial charge in [0.2, 0.25) is 0 Å². The average Bonchev–Trinajstić information content (AvgIpc) is 2.37. The fourth-order valence-corrected chi connectivity index (χ4v) is 2.26. The normalized spacial score (nSPS) is 19.5. The zero-order chi connectivity index (χ0) is 13.0. The van der Waals surface area contributed by atoms with E-state index >= 15 is 0 Å². The van der Waals surface area contributed by atoms with E-state index in [0.717, 1.165) is 25.9 Å². The van der Waals surface area contributed by atoms with E-state index < -0.39 is 0 Å². The summed E-state index contributed by atoms with van der Waals surface area (Å²) in [6.07, 6.45) is 2.26. The molecule has 1 aromatic rings. The Morgan fingerprint density at radius 2 is 2.39 bits per heavy atom. The van der Waals surface area contributed by atoms with Crippen LogP contribution in [0.15, 0.2) is 18.2 Å². The highest BCUT2D eigenvalue weighted by atomic mass is 16.6. The van der Waals surface area contributed by atoms with E-state index in [1.54, 1.807) is 25.1 Å². The van der Waals surface area contributed by atoms with Crippen LogP contribution < -0.4 is 10.1 Å². The smallest absolute Gasteiger partial charge is 0.313 e. The van der Waals surface area contributed by atoms with Crippen LogP contribution >= 0.6 is 0 Å². The van der Waals surface area contributed by atoms with Crippen molar-refractivity contribution in [1.82, 2.24) is 5.32 Å². The molecule has 1 aliphatic rings. The van der Waals surface area contributed by atoms with Gasteiger partial charge in [0, 0.05) is 18.0 Å². The number of piperidine rings is 1. The minimum atomic E-state index is -0.371. The number of nitro groups is 1.